The summed E-state index contributed by atoms with van der Waals surface area (Å²) in [5.74, 6) is 0. The van der Waals surface area contributed by atoms with Crippen LogP contribution >= 0.6 is 11.6 Å². The molecule has 0 aliphatic heterocycles. The van der Waals surface area contributed by atoms with Gasteiger partial charge in [-0.15, -0.1) is 0 Å². The summed E-state index contributed by atoms with van der Waals surface area (Å²) in [6, 6.07) is 0. The van der Waals surface area contributed by atoms with E-state index in [2.05, 4.69) is 16.9 Å². The van der Waals surface area contributed by atoms with Crippen LogP contribution in [0.25, 0.3) is 0 Å². The van der Waals surface area contributed by atoms with E-state index in [1.54, 1.807) is 0 Å². The van der Waals surface area contributed by atoms with Gasteiger partial charge in [-0.2, -0.15) is 0 Å². The van der Waals surface area contributed by atoms with E-state index >= 15 is 0 Å². The average molecular weight is 227 g/mol. The summed E-state index contributed by atoms with van der Waals surface area (Å²) in [7, 11) is 0. The van der Waals surface area contributed by atoms with Crippen LogP contribution in [0.3, 0.4) is 0 Å². The van der Waals surface area contributed by atoms with Gasteiger partial charge in [-0.05, 0) is 30.0 Å². The zero-order valence-corrected chi connectivity index (χ0v) is 10.1. The summed E-state index contributed by atoms with van der Waals surface area (Å²) >= 11 is 5.61. The van der Waals surface area contributed by atoms with Gasteiger partial charge < -0.3 is 0 Å². The van der Waals surface area contributed by atoms with Crippen LogP contribution in [-0.2, 0) is 6.42 Å². The molecule has 0 radical (unpaired) electrons. The van der Waals surface area contributed by atoms with E-state index in [4.69, 9.17) is 11.6 Å². The SMILES string of the molecule is CCCCCCCCc1cnc(Cl)nc1. The first-order valence-electron chi connectivity index (χ1n) is 5.79. The van der Waals surface area contributed by atoms with Crippen molar-refractivity contribution in [3.05, 3.63) is 23.2 Å². The van der Waals surface area contributed by atoms with Crippen molar-refractivity contribution in [1.29, 1.82) is 0 Å². The molecule has 0 aromatic carbocycles. The maximum atomic E-state index is 5.61. The van der Waals surface area contributed by atoms with Crippen LogP contribution in [0.2, 0.25) is 5.28 Å². The van der Waals surface area contributed by atoms with E-state index in [9.17, 15) is 0 Å². The van der Waals surface area contributed by atoms with Crippen LogP contribution in [0, 0.1) is 0 Å². The molecule has 0 bridgehead atoms. The minimum atomic E-state index is 0.335. The van der Waals surface area contributed by atoms with Crippen LogP contribution in [0.15, 0.2) is 12.4 Å². The molecule has 1 rings (SSSR count). The molecule has 0 N–H and O–H groups in total. The number of hydrogen-bond donors (Lipinski definition) is 0. The number of halogens is 1. The van der Waals surface area contributed by atoms with Crippen molar-refractivity contribution in [2.75, 3.05) is 0 Å². The Hall–Kier alpha value is -0.630. The normalized spacial score (nSPS) is 10.5. The highest BCUT2D eigenvalue weighted by Gasteiger charge is 1.95. The first-order chi connectivity index (χ1) is 7.33. The summed E-state index contributed by atoms with van der Waals surface area (Å²) in [5, 5.41) is 0.335. The quantitative estimate of drug-likeness (QED) is 0.518. The van der Waals surface area contributed by atoms with Gasteiger partial charge >= 0.3 is 0 Å². The molecule has 15 heavy (non-hydrogen) atoms. The molecule has 0 amide bonds. The van der Waals surface area contributed by atoms with Gasteiger partial charge in [-0.1, -0.05) is 39.0 Å². The van der Waals surface area contributed by atoms with Crippen LogP contribution < -0.4 is 0 Å². The lowest BCUT2D eigenvalue weighted by atomic mass is 10.1. The minimum absolute atomic E-state index is 0.335. The zero-order chi connectivity index (χ0) is 10.9. The van der Waals surface area contributed by atoms with Crippen LogP contribution in [0.1, 0.15) is 51.0 Å². The number of aryl methyl sites for hydroxylation is 1. The fourth-order valence-corrected chi connectivity index (χ4v) is 1.68. The highest BCUT2D eigenvalue weighted by atomic mass is 35.5. The Kier molecular flexibility index (Phi) is 6.33. The van der Waals surface area contributed by atoms with Crippen LogP contribution in [0.4, 0.5) is 0 Å². The van der Waals surface area contributed by atoms with Crippen molar-refractivity contribution >= 4 is 11.6 Å². The molecule has 0 saturated heterocycles. The molecule has 1 aromatic heterocycles. The topological polar surface area (TPSA) is 25.8 Å². The molecule has 0 fully saturated rings. The largest absolute Gasteiger partial charge is 0.226 e. The van der Waals surface area contributed by atoms with Crippen molar-refractivity contribution < 1.29 is 0 Å². The van der Waals surface area contributed by atoms with Crippen molar-refractivity contribution in [2.24, 2.45) is 0 Å². The fourth-order valence-electron chi connectivity index (χ4n) is 1.58. The standard InChI is InChI=1S/C12H19ClN2/c1-2-3-4-5-6-7-8-11-9-14-12(13)15-10-11/h9-10H,2-8H2,1H3. The van der Waals surface area contributed by atoms with E-state index in [0.29, 0.717) is 5.28 Å². The van der Waals surface area contributed by atoms with Gasteiger partial charge in [0.1, 0.15) is 0 Å². The monoisotopic (exact) mass is 226 g/mol. The van der Waals surface area contributed by atoms with Crippen LogP contribution in [0.5, 0.6) is 0 Å². The fraction of sp³-hybridized carbons (Fsp3) is 0.667. The predicted molar refractivity (Wildman–Crippen MR) is 64.1 cm³/mol. The molecular weight excluding hydrogens is 208 g/mol. The van der Waals surface area contributed by atoms with Gasteiger partial charge in [0.2, 0.25) is 5.28 Å². The second kappa shape index (κ2) is 7.63. The molecule has 0 unspecified atom stereocenters. The molecule has 3 heteroatoms. The predicted octanol–water partition coefficient (Wildman–Crippen LogP) is 4.03. The summed E-state index contributed by atoms with van der Waals surface area (Å²) in [4.78, 5) is 7.92. The maximum Gasteiger partial charge on any atom is 0.222 e. The second-order valence-corrected chi connectivity index (χ2v) is 4.22. The Bertz CT molecular complexity index is 259. The summed E-state index contributed by atoms with van der Waals surface area (Å²) in [6.45, 7) is 2.24. The lowest BCUT2D eigenvalue weighted by Crippen LogP contribution is -1.90. The molecule has 0 spiro atoms. The van der Waals surface area contributed by atoms with Crippen LogP contribution in [-0.4, -0.2) is 9.97 Å². The van der Waals surface area contributed by atoms with Crippen molar-refractivity contribution in [2.45, 2.75) is 51.9 Å². The third-order valence-corrected chi connectivity index (χ3v) is 2.69. The van der Waals surface area contributed by atoms with Crippen molar-refractivity contribution in [3.8, 4) is 0 Å². The number of unbranched alkanes of at least 4 members (excludes halogenated alkanes) is 5. The highest BCUT2D eigenvalue weighted by molar-refractivity contribution is 6.28. The average Bonchev–Trinajstić information content (AvgIpc) is 2.26. The van der Waals surface area contributed by atoms with Gasteiger partial charge in [0.05, 0.1) is 0 Å². The molecule has 1 aromatic rings. The lowest BCUT2D eigenvalue weighted by molar-refractivity contribution is 0.607. The van der Waals surface area contributed by atoms with E-state index in [1.165, 1.54) is 44.1 Å². The third-order valence-electron chi connectivity index (χ3n) is 2.49. The number of aromatic nitrogens is 2. The van der Waals surface area contributed by atoms with Gasteiger partial charge in [0, 0.05) is 12.4 Å². The minimum Gasteiger partial charge on any atom is -0.226 e. The molecule has 0 aliphatic rings. The molecular formula is C12H19ClN2. The molecule has 1 heterocycles. The summed E-state index contributed by atoms with van der Waals surface area (Å²) in [6.07, 6.45) is 12.6. The summed E-state index contributed by atoms with van der Waals surface area (Å²) < 4.78 is 0. The van der Waals surface area contributed by atoms with E-state index in [-0.39, 0.29) is 0 Å². The number of hydrogen-bond acceptors (Lipinski definition) is 2. The Morgan fingerprint density at radius 3 is 2.27 bits per heavy atom. The first-order valence-corrected chi connectivity index (χ1v) is 6.17. The number of rotatable bonds is 7. The third kappa shape index (κ3) is 5.73. The van der Waals surface area contributed by atoms with E-state index in [0.717, 1.165) is 6.42 Å². The Morgan fingerprint density at radius 1 is 1.00 bits per heavy atom. The highest BCUT2D eigenvalue weighted by Crippen LogP contribution is 2.09. The molecule has 0 saturated carbocycles. The summed E-state index contributed by atoms with van der Waals surface area (Å²) in [5.41, 5.74) is 1.19. The van der Waals surface area contributed by atoms with Crippen molar-refractivity contribution in [3.63, 3.8) is 0 Å². The molecule has 2 nitrogen and oxygen atoms in total. The van der Waals surface area contributed by atoms with Gasteiger partial charge in [-0.3, -0.25) is 0 Å². The first kappa shape index (κ1) is 12.4. The Morgan fingerprint density at radius 2 is 1.60 bits per heavy atom. The van der Waals surface area contributed by atoms with E-state index < -0.39 is 0 Å². The Labute approximate surface area is 97.1 Å². The molecule has 84 valence electrons. The van der Waals surface area contributed by atoms with E-state index in [1.807, 2.05) is 12.4 Å². The number of nitrogens with zero attached hydrogens (tertiary/aromatic N) is 2. The zero-order valence-electron chi connectivity index (χ0n) is 9.38. The lowest BCUT2D eigenvalue weighted by Gasteiger charge is -2.01. The molecule has 0 aliphatic carbocycles. The second-order valence-electron chi connectivity index (χ2n) is 3.88. The Balaban J connectivity index is 2.07. The van der Waals surface area contributed by atoms with Gasteiger partial charge in [0.25, 0.3) is 0 Å². The maximum absolute atomic E-state index is 5.61. The van der Waals surface area contributed by atoms with Gasteiger partial charge in [-0.25, -0.2) is 9.97 Å². The van der Waals surface area contributed by atoms with Crippen molar-refractivity contribution in [1.82, 2.24) is 9.97 Å². The molecule has 0 atom stereocenters. The van der Waals surface area contributed by atoms with Gasteiger partial charge in [0.15, 0.2) is 0 Å². The smallest absolute Gasteiger partial charge is 0.222 e.